The fourth-order valence-electron chi connectivity index (χ4n) is 7.80. The van der Waals surface area contributed by atoms with Crippen molar-refractivity contribution in [1.29, 1.82) is 0 Å². The van der Waals surface area contributed by atoms with E-state index < -0.39 is 12.1 Å². The number of allylic oxidation sites excluding steroid dienone is 1. The highest BCUT2D eigenvalue weighted by molar-refractivity contribution is 5.95. The van der Waals surface area contributed by atoms with E-state index in [-0.39, 0.29) is 47.8 Å². The Kier molecular flexibility index (Phi) is 6.90. The zero-order valence-electron chi connectivity index (χ0n) is 20.9. The zero-order valence-corrected chi connectivity index (χ0v) is 20.9. The van der Waals surface area contributed by atoms with Crippen LogP contribution < -0.4 is 0 Å². The summed E-state index contributed by atoms with van der Waals surface area (Å²) in [4.78, 5) is 36.9. The molecule has 0 radical (unpaired) electrons. The molecule has 4 aliphatic rings. The highest BCUT2D eigenvalue weighted by Crippen LogP contribution is 2.66. The molecular weight excluding hydrogens is 420 g/mol. The van der Waals surface area contributed by atoms with Crippen LogP contribution in [0, 0.1) is 34.5 Å². The summed E-state index contributed by atoms with van der Waals surface area (Å²) >= 11 is 0. The Bertz CT molecular complexity index is 830. The van der Waals surface area contributed by atoms with Crippen LogP contribution in [0.15, 0.2) is 11.6 Å². The van der Waals surface area contributed by atoms with Crippen molar-refractivity contribution in [3.05, 3.63) is 11.6 Å². The largest absolute Gasteiger partial charge is 0.458 e. The van der Waals surface area contributed by atoms with Gasteiger partial charge < -0.3 is 14.2 Å². The standard InChI is InChI=1S/C27H40O6/c1-16(2)32-15-33-25-13-27(5)18(12-23(25)29)6-7-19-20-8-9-22(24(30)14-31-17(3)28)26(20,4)11-10-21(19)27/h12,16,19-22,25H,6-11,13-15H2,1-5H3/t19-,20-,21-,22+,25?,26-,27-/m0/s1. The van der Waals surface area contributed by atoms with Gasteiger partial charge in [-0.25, -0.2) is 0 Å². The minimum atomic E-state index is -0.439. The maximum absolute atomic E-state index is 12.9. The number of hydrogen-bond donors (Lipinski definition) is 0. The topological polar surface area (TPSA) is 78.9 Å². The van der Waals surface area contributed by atoms with Crippen LogP contribution >= 0.6 is 0 Å². The molecule has 3 fully saturated rings. The molecule has 0 spiro atoms. The van der Waals surface area contributed by atoms with Crippen molar-refractivity contribution in [2.75, 3.05) is 13.4 Å². The van der Waals surface area contributed by atoms with Crippen LogP contribution in [-0.2, 0) is 28.6 Å². The first-order valence-corrected chi connectivity index (χ1v) is 12.7. The van der Waals surface area contributed by atoms with Crippen molar-refractivity contribution in [3.8, 4) is 0 Å². The van der Waals surface area contributed by atoms with Crippen molar-refractivity contribution in [2.45, 2.75) is 91.8 Å². The van der Waals surface area contributed by atoms with Gasteiger partial charge in [0.1, 0.15) is 19.5 Å². The molecule has 6 nitrogen and oxygen atoms in total. The Labute approximate surface area is 197 Å². The quantitative estimate of drug-likeness (QED) is 0.407. The summed E-state index contributed by atoms with van der Waals surface area (Å²) in [5, 5.41) is 0. The van der Waals surface area contributed by atoms with Crippen LogP contribution in [0.25, 0.3) is 0 Å². The Hall–Kier alpha value is -1.53. The fraction of sp³-hybridized carbons (Fsp3) is 0.815. The highest BCUT2D eigenvalue weighted by atomic mass is 16.7. The SMILES string of the molecule is CC(=O)OCC(=O)[C@H]1CC[C@H]2[C@@H]3CCC4=CC(=O)C(OCOC(C)C)C[C@]4(C)[C@H]3CC[C@]12C. The maximum Gasteiger partial charge on any atom is 0.303 e. The van der Waals surface area contributed by atoms with Crippen molar-refractivity contribution >= 4 is 17.5 Å². The van der Waals surface area contributed by atoms with Crippen LogP contribution in [0.2, 0.25) is 0 Å². The maximum atomic E-state index is 12.9. The van der Waals surface area contributed by atoms with Gasteiger partial charge in [-0.2, -0.15) is 0 Å². The van der Waals surface area contributed by atoms with Crippen LogP contribution in [0.5, 0.6) is 0 Å². The van der Waals surface area contributed by atoms with E-state index in [4.69, 9.17) is 14.2 Å². The molecule has 0 amide bonds. The van der Waals surface area contributed by atoms with Crippen LogP contribution in [-0.4, -0.2) is 43.1 Å². The van der Waals surface area contributed by atoms with E-state index in [0.717, 1.165) is 44.9 Å². The molecule has 7 atom stereocenters. The number of fused-ring (bicyclic) bond motifs is 5. The first kappa shape index (κ1) is 24.6. The fourth-order valence-corrected chi connectivity index (χ4v) is 7.80. The van der Waals surface area contributed by atoms with Gasteiger partial charge in [0.2, 0.25) is 0 Å². The molecule has 4 rings (SSSR count). The van der Waals surface area contributed by atoms with E-state index in [9.17, 15) is 14.4 Å². The molecule has 0 bridgehead atoms. The van der Waals surface area contributed by atoms with Gasteiger partial charge in [-0.05, 0) is 93.5 Å². The average molecular weight is 461 g/mol. The van der Waals surface area contributed by atoms with Gasteiger partial charge in [0.15, 0.2) is 11.6 Å². The molecule has 0 N–H and O–H groups in total. The second-order valence-corrected chi connectivity index (χ2v) is 11.5. The number of esters is 1. The minimum Gasteiger partial charge on any atom is -0.458 e. The molecule has 0 aromatic rings. The predicted molar refractivity (Wildman–Crippen MR) is 123 cm³/mol. The summed E-state index contributed by atoms with van der Waals surface area (Å²) in [6.45, 7) is 9.96. The third-order valence-corrected chi connectivity index (χ3v) is 9.46. The summed E-state index contributed by atoms with van der Waals surface area (Å²) in [6.07, 6.45) is 8.28. The number of hydrogen-bond acceptors (Lipinski definition) is 6. The molecule has 33 heavy (non-hydrogen) atoms. The molecule has 0 aliphatic heterocycles. The van der Waals surface area contributed by atoms with E-state index in [2.05, 4.69) is 13.8 Å². The van der Waals surface area contributed by atoms with E-state index in [1.54, 1.807) is 0 Å². The monoisotopic (exact) mass is 460 g/mol. The Morgan fingerprint density at radius 2 is 1.88 bits per heavy atom. The van der Waals surface area contributed by atoms with Crippen LogP contribution in [0.1, 0.15) is 79.6 Å². The average Bonchev–Trinajstić information content (AvgIpc) is 3.10. The number of carbonyl (C=O) groups is 3. The second kappa shape index (κ2) is 9.26. The third kappa shape index (κ3) is 4.45. The molecule has 6 heteroatoms. The number of carbonyl (C=O) groups excluding carboxylic acids is 3. The number of Topliss-reactive ketones (excluding diaryl/α,β-unsaturated/α-hetero) is 1. The van der Waals surface area contributed by atoms with Gasteiger partial charge in [-0.15, -0.1) is 0 Å². The van der Waals surface area contributed by atoms with Crippen LogP contribution in [0.4, 0.5) is 0 Å². The van der Waals surface area contributed by atoms with Gasteiger partial charge >= 0.3 is 5.97 Å². The molecule has 1 unspecified atom stereocenters. The first-order valence-electron chi connectivity index (χ1n) is 12.7. The third-order valence-electron chi connectivity index (χ3n) is 9.46. The first-order chi connectivity index (χ1) is 15.6. The second-order valence-electron chi connectivity index (χ2n) is 11.5. The molecule has 3 saturated carbocycles. The van der Waals surface area contributed by atoms with Gasteiger partial charge in [0.25, 0.3) is 0 Å². The summed E-state index contributed by atoms with van der Waals surface area (Å²) in [6, 6.07) is 0. The van der Waals surface area contributed by atoms with Crippen molar-refractivity contribution in [2.24, 2.45) is 34.5 Å². The van der Waals surface area contributed by atoms with E-state index in [1.165, 1.54) is 12.5 Å². The molecule has 0 aromatic heterocycles. The van der Waals surface area contributed by atoms with Crippen LogP contribution in [0.3, 0.4) is 0 Å². The van der Waals surface area contributed by atoms with E-state index in [1.807, 2.05) is 19.9 Å². The predicted octanol–water partition coefficient (Wildman–Crippen LogP) is 4.64. The molecular formula is C27H40O6. The Balaban J connectivity index is 1.50. The lowest BCUT2D eigenvalue weighted by Gasteiger charge is -2.58. The number of rotatable bonds is 7. The summed E-state index contributed by atoms with van der Waals surface area (Å²) in [5.41, 5.74) is 1.23. The molecule has 0 heterocycles. The number of ketones is 2. The Morgan fingerprint density at radius 3 is 2.58 bits per heavy atom. The molecule has 0 aromatic carbocycles. The number of ether oxygens (including phenoxy) is 3. The molecule has 0 saturated heterocycles. The van der Waals surface area contributed by atoms with Crippen molar-refractivity contribution < 1.29 is 28.6 Å². The lowest BCUT2D eigenvalue weighted by molar-refractivity contribution is -0.154. The van der Waals surface area contributed by atoms with Gasteiger partial charge in [-0.3, -0.25) is 14.4 Å². The smallest absolute Gasteiger partial charge is 0.303 e. The minimum absolute atomic E-state index is 0.0234. The molecule has 184 valence electrons. The Morgan fingerprint density at radius 1 is 1.12 bits per heavy atom. The normalized spacial score (nSPS) is 40.0. The lowest BCUT2D eigenvalue weighted by Crippen LogP contribution is -2.53. The van der Waals surface area contributed by atoms with E-state index >= 15 is 0 Å². The van der Waals surface area contributed by atoms with Gasteiger partial charge in [0.05, 0.1) is 6.10 Å². The summed E-state index contributed by atoms with van der Waals surface area (Å²) < 4.78 is 16.5. The van der Waals surface area contributed by atoms with E-state index in [0.29, 0.717) is 17.8 Å². The summed E-state index contributed by atoms with van der Waals surface area (Å²) in [5.74, 6) is 1.30. The highest BCUT2D eigenvalue weighted by Gasteiger charge is 2.60. The van der Waals surface area contributed by atoms with Crippen molar-refractivity contribution in [1.82, 2.24) is 0 Å². The summed E-state index contributed by atoms with van der Waals surface area (Å²) in [7, 11) is 0. The van der Waals surface area contributed by atoms with Gasteiger partial charge in [0, 0.05) is 12.8 Å². The van der Waals surface area contributed by atoms with Gasteiger partial charge in [-0.1, -0.05) is 19.4 Å². The molecule has 4 aliphatic carbocycles. The zero-order chi connectivity index (χ0) is 24.0. The lowest BCUT2D eigenvalue weighted by atomic mass is 9.46. The van der Waals surface area contributed by atoms with Crippen molar-refractivity contribution in [3.63, 3.8) is 0 Å².